The predicted octanol–water partition coefficient (Wildman–Crippen LogP) is 4.14. The van der Waals surface area contributed by atoms with E-state index in [0.717, 1.165) is 10.8 Å². The van der Waals surface area contributed by atoms with Crippen LogP contribution >= 0.6 is 0 Å². The van der Waals surface area contributed by atoms with Gasteiger partial charge in [0.25, 0.3) is 0 Å². The number of fused-ring (bicyclic) bond motifs is 2. The van der Waals surface area contributed by atoms with E-state index in [-0.39, 0.29) is 35.5 Å². The average molecular weight is 390 g/mol. The highest BCUT2D eigenvalue weighted by molar-refractivity contribution is 6.11. The third-order valence-corrected chi connectivity index (χ3v) is 5.90. The first-order valence-electron chi connectivity index (χ1n) is 10.3. The number of benzene rings is 2. The largest absolute Gasteiger partial charge is 0.324 e. The summed E-state index contributed by atoms with van der Waals surface area (Å²) in [7, 11) is 0. The molecule has 1 saturated heterocycles. The second kappa shape index (κ2) is 7.82. The van der Waals surface area contributed by atoms with Crippen molar-refractivity contribution < 1.29 is 14.4 Å². The lowest BCUT2D eigenvalue weighted by Gasteiger charge is -2.27. The van der Waals surface area contributed by atoms with Crippen LogP contribution in [0.2, 0.25) is 0 Å². The zero-order chi connectivity index (χ0) is 20.5. The van der Waals surface area contributed by atoms with E-state index in [9.17, 15) is 14.4 Å². The molecule has 2 aromatic rings. The Morgan fingerprint density at radius 1 is 1.00 bits per heavy atom. The highest BCUT2D eigenvalue weighted by Gasteiger charge is 2.51. The van der Waals surface area contributed by atoms with Crippen LogP contribution in [0, 0.1) is 17.8 Å². The van der Waals surface area contributed by atoms with Crippen molar-refractivity contribution in [1.29, 1.82) is 0 Å². The summed E-state index contributed by atoms with van der Waals surface area (Å²) >= 11 is 0. The minimum Gasteiger partial charge on any atom is -0.324 e. The zero-order valence-electron chi connectivity index (χ0n) is 16.8. The fraction of sp³-hybridized carbons (Fsp3) is 0.375. The molecular weight excluding hydrogens is 364 g/mol. The van der Waals surface area contributed by atoms with E-state index in [0.29, 0.717) is 24.9 Å². The lowest BCUT2D eigenvalue weighted by atomic mass is 9.85. The summed E-state index contributed by atoms with van der Waals surface area (Å²) in [6.07, 6.45) is 5.52. The maximum atomic E-state index is 13.3. The first-order chi connectivity index (χ1) is 14.0. The SMILES string of the molecule is CC(C)CC(C(=O)Nc1cccc2ccccc12)N1C(=O)C2CC=CCC2C1=O. The molecule has 3 unspecified atom stereocenters. The molecule has 4 rings (SSSR count). The van der Waals surface area contributed by atoms with E-state index in [1.165, 1.54) is 4.90 Å². The standard InChI is InChI=1S/C24H26N2O3/c1-15(2)14-21(26-23(28)18-11-5-6-12-19(18)24(26)29)22(27)25-20-13-7-9-16-8-3-4-10-17(16)20/h3-10,13,15,18-19,21H,11-12,14H2,1-2H3,(H,25,27). The number of likely N-dealkylation sites (tertiary alicyclic amines) is 1. The molecule has 2 aliphatic rings. The number of hydrogen-bond donors (Lipinski definition) is 1. The predicted molar refractivity (Wildman–Crippen MR) is 113 cm³/mol. The Hall–Kier alpha value is -2.95. The summed E-state index contributed by atoms with van der Waals surface area (Å²) in [6, 6.07) is 12.8. The molecule has 0 radical (unpaired) electrons. The first-order valence-corrected chi connectivity index (χ1v) is 10.3. The molecule has 5 heteroatoms. The maximum Gasteiger partial charge on any atom is 0.247 e. The zero-order valence-corrected chi connectivity index (χ0v) is 16.8. The van der Waals surface area contributed by atoms with Crippen LogP contribution in [0.3, 0.4) is 0 Å². The number of hydrogen-bond acceptors (Lipinski definition) is 3. The molecule has 0 saturated carbocycles. The Bertz CT molecular complexity index is 963. The van der Waals surface area contributed by atoms with Gasteiger partial charge in [-0.15, -0.1) is 0 Å². The molecule has 29 heavy (non-hydrogen) atoms. The van der Waals surface area contributed by atoms with Crippen LogP contribution in [0.4, 0.5) is 5.69 Å². The van der Waals surface area contributed by atoms with Crippen LogP contribution < -0.4 is 5.32 Å². The van der Waals surface area contributed by atoms with Crippen LogP contribution in [-0.4, -0.2) is 28.7 Å². The molecule has 5 nitrogen and oxygen atoms in total. The fourth-order valence-electron chi connectivity index (χ4n) is 4.46. The summed E-state index contributed by atoms with van der Waals surface area (Å²) < 4.78 is 0. The lowest BCUT2D eigenvalue weighted by Crippen LogP contribution is -2.48. The molecule has 0 bridgehead atoms. The minimum absolute atomic E-state index is 0.166. The van der Waals surface area contributed by atoms with Gasteiger partial charge >= 0.3 is 0 Å². The van der Waals surface area contributed by atoms with Gasteiger partial charge in [-0.3, -0.25) is 19.3 Å². The van der Waals surface area contributed by atoms with Gasteiger partial charge in [0.05, 0.1) is 11.8 Å². The van der Waals surface area contributed by atoms with E-state index in [2.05, 4.69) is 5.32 Å². The summed E-state index contributed by atoms with van der Waals surface area (Å²) in [5, 5.41) is 4.95. The maximum absolute atomic E-state index is 13.3. The van der Waals surface area contributed by atoms with Crippen molar-refractivity contribution in [1.82, 2.24) is 4.90 Å². The number of rotatable bonds is 5. The number of carbonyl (C=O) groups is 3. The Morgan fingerprint density at radius 3 is 2.28 bits per heavy atom. The number of nitrogens with zero attached hydrogens (tertiary/aromatic N) is 1. The molecule has 3 amide bonds. The van der Waals surface area contributed by atoms with Crippen molar-refractivity contribution in [3.8, 4) is 0 Å². The van der Waals surface area contributed by atoms with Gasteiger partial charge in [0, 0.05) is 11.1 Å². The summed E-state index contributed by atoms with van der Waals surface area (Å²) in [6.45, 7) is 4.00. The van der Waals surface area contributed by atoms with Crippen molar-refractivity contribution >= 4 is 34.2 Å². The molecule has 3 atom stereocenters. The Balaban J connectivity index is 1.64. The number of anilines is 1. The van der Waals surface area contributed by atoms with Crippen LogP contribution in [-0.2, 0) is 14.4 Å². The van der Waals surface area contributed by atoms with Gasteiger partial charge in [-0.25, -0.2) is 0 Å². The Kier molecular flexibility index (Phi) is 5.22. The van der Waals surface area contributed by atoms with E-state index < -0.39 is 6.04 Å². The molecular formula is C24H26N2O3. The highest BCUT2D eigenvalue weighted by atomic mass is 16.2. The van der Waals surface area contributed by atoms with E-state index >= 15 is 0 Å². The van der Waals surface area contributed by atoms with Gasteiger partial charge < -0.3 is 5.32 Å². The van der Waals surface area contributed by atoms with Gasteiger partial charge in [-0.2, -0.15) is 0 Å². The number of allylic oxidation sites excluding steroid dienone is 2. The van der Waals surface area contributed by atoms with Crippen LogP contribution in [0.1, 0.15) is 33.1 Å². The summed E-state index contributed by atoms with van der Waals surface area (Å²) in [5.74, 6) is -1.20. The minimum atomic E-state index is -0.792. The van der Waals surface area contributed by atoms with E-state index in [1.54, 1.807) is 0 Å². The van der Waals surface area contributed by atoms with Crippen LogP contribution in [0.25, 0.3) is 10.8 Å². The average Bonchev–Trinajstić information content (AvgIpc) is 2.97. The van der Waals surface area contributed by atoms with Gasteiger partial charge in [-0.05, 0) is 36.6 Å². The first kappa shape index (κ1) is 19.4. The fourth-order valence-corrected chi connectivity index (χ4v) is 4.46. The van der Waals surface area contributed by atoms with Crippen molar-refractivity contribution in [2.75, 3.05) is 5.32 Å². The topological polar surface area (TPSA) is 66.5 Å². The number of imide groups is 1. The molecule has 150 valence electrons. The van der Waals surface area contributed by atoms with Crippen molar-refractivity contribution in [2.24, 2.45) is 17.8 Å². The van der Waals surface area contributed by atoms with E-state index in [1.807, 2.05) is 68.5 Å². The monoisotopic (exact) mass is 390 g/mol. The molecule has 1 aliphatic carbocycles. The van der Waals surface area contributed by atoms with E-state index in [4.69, 9.17) is 0 Å². The smallest absolute Gasteiger partial charge is 0.247 e. The second-order valence-corrected chi connectivity index (χ2v) is 8.36. The number of carbonyl (C=O) groups excluding carboxylic acids is 3. The molecule has 1 fully saturated rings. The van der Waals surface area contributed by atoms with Gasteiger partial charge in [0.15, 0.2) is 0 Å². The Labute approximate surface area is 170 Å². The molecule has 1 aliphatic heterocycles. The number of amides is 3. The normalized spacial score (nSPS) is 22.2. The van der Waals surface area contributed by atoms with Gasteiger partial charge in [0.2, 0.25) is 17.7 Å². The second-order valence-electron chi connectivity index (χ2n) is 8.36. The van der Waals surface area contributed by atoms with Gasteiger partial charge in [0.1, 0.15) is 6.04 Å². The third-order valence-electron chi connectivity index (χ3n) is 5.90. The quantitative estimate of drug-likeness (QED) is 0.616. The molecule has 1 N–H and O–H groups in total. The van der Waals surface area contributed by atoms with Crippen molar-refractivity contribution in [3.63, 3.8) is 0 Å². The summed E-state index contributed by atoms with van der Waals surface area (Å²) in [5.41, 5.74) is 0.694. The van der Waals surface area contributed by atoms with Gasteiger partial charge in [-0.1, -0.05) is 62.4 Å². The van der Waals surface area contributed by atoms with Crippen molar-refractivity contribution in [2.45, 2.75) is 39.2 Å². The molecule has 2 aromatic carbocycles. The molecule has 0 aromatic heterocycles. The summed E-state index contributed by atoms with van der Waals surface area (Å²) in [4.78, 5) is 40.6. The Morgan fingerprint density at radius 2 is 1.62 bits per heavy atom. The molecule has 1 heterocycles. The van der Waals surface area contributed by atoms with Crippen LogP contribution in [0.15, 0.2) is 54.6 Å². The molecule has 0 spiro atoms. The van der Waals surface area contributed by atoms with Crippen molar-refractivity contribution in [3.05, 3.63) is 54.6 Å². The highest BCUT2D eigenvalue weighted by Crippen LogP contribution is 2.37. The third kappa shape index (κ3) is 3.57. The number of nitrogens with one attached hydrogen (secondary N) is 1. The lowest BCUT2D eigenvalue weighted by molar-refractivity contribution is -0.147. The van der Waals surface area contributed by atoms with Crippen LogP contribution in [0.5, 0.6) is 0 Å².